The number of hydrogen-bond acceptors (Lipinski definition) is 6. The molecule has 2 aromatic heterocycles. The van der Waals surface area contributed by atoms with E-state index in [4.69, 9.17) is 4.74 Å². The molecule has 0 saturated carbocycles. The van der Waals surface area contributed by atoms with Gasteiger partial charge in [0, 0.05) is 33.2 Å². The first-order valence-electron chi connectivity index (χ1n) is 10.2. The lowest BCUT2D eigenvalue weighted by atomic mass is 10.1. The number of carbonyl (C=O) groups is 2. The maximum atomic E-state index is 12.6. The number of hydrogen-bond donors (Lipinski definition) is 2. The van der Waals surface area contributed by atoms with Crippen LogP contribution < -0.4 is 16.2 Å². The highest BCUT2D eigenvalue weighted by molar-refractivity contribution is 6.03. The molecule has 0 unspecified atom stereocenters. The van der Waals surface area contributed by atoms with E-state index < -0.39 is 0 Å². The molecule has 2 amide bonds. The van der Waals surface area contributed by atoms with E-state index in [0.29, 0.717) is 28.8 Å². The fourth-order valence-electron chi connectivity index (χ4n) is 3.56. The van der Waals surface area contributed by atoms with E-state index >= 15 is 0 Å². The average Bonchev–Trinajstić information content (AvgIpc) is 3.42. The maximum Gasteiger partial charge on any atom is 0.264 e. The van der Waals surface area contributed by atoms with Crippen LogP contribution in [0.1, 0.15) is 29.6 Å². The SMILES string of the molecule is Cn1ncc2c(=O)n(CCC(=O)Nc3ccccc3C(=O)NC[C@@H]3CCCO3)cnc21. The second kappa shape index (κ2) is 9.09. The molecule has 0 bridgehead atoms. The Bertz CT molecular complexity index is 1160. The number of fused-ring (bicyclic) bond motifs is 1. The number of anilines is 1. The Labute approximate surface area is 178 Å². The van der Waals surface area contributed by atoms with Gasteiger partial charge in [-0.2, -0.15) is 5.10 Å². The Morgan fingerprint density at radius 2 is 2.13 bits per heavy atom. The maximum absolute atomic E-state index is 12.6. The Morgan fingerprint density at radius 3 is 2.94 bits per heavy atom. The zero-order valence-electron chi connectivity index (χ0n) is 17.2. The van der Waals surface area contributed by atoms with Crippen molar-refractivity contribution in [3.05, 3.63) is 52.7 Å². The quantitative estimate of drug-likeness (QED) is 0.585. The largest absolute Gasteiger partial charge is 0.376 e. The lowest BCUT2D eigenvalue weighted by Gasteiger charge is -2.14. The Morgan fingerprint density at radius 1 is 1.29 bits per heavy atom. The molecule has 1 aromatic carbocycles. The molecule has 10 heteroatoms. The molecule has 1 atom stereocenters. The van der Waals surface area contributed by atoms with Crippen molar-refractivity contribution in [2.24, 2.45) is 7.05 Å². The fraction of sp³-hybridized carbons (Fsp3) is 0.381. The number of aromatic nitrogens is 4. The molecule has 162 valence electrons. The van der Waals surface area contributed by atoms with Gasteiger partial charge in [-0.05, 0) is 25.0 Å². The normalized spacial score (nSPS) is 15.8. The van der Waals surface area contributed by atoms with Gasteiger partial charge >= 0.3 is 0 Å². The van der Waals surface area contributed by atoms with Crippen LogP contribution in [0, 0.1) is 0 Å². The summed E-state index contributed by atoms with van der Waals surface area (Å²) in [6.45, 7) is 1.32. The van der Waals surface area contributed by atoms with Crippen molar-refractivity contribution in [3.63, 3.8) is 0 Å². The van der Waals surface area contributed by atoms with Crippen molar-refractivity contribution < 1.29 is 14.3 Å². The predicted molar refractivity (Wildman–Crippen MR) is 114 cm³/mol. The molecule has 1 aliphatic heterocycles. The number of ether oxygens (including phenoxy) is 1. The zero-order chi connectivity index (χ0) is 21.8. The summed E-state index contributed by atoms with van der Waals surface area (Å²) in [6, 6.07) is 6.82. The first-order valence-corrected chi connectivity index (χ1v) is 10.2. The third-order valence-electron chi connectivity index (χ3n) is 5.26. The van der Waals surface area contributed by atoms with Gasteiger partial charge < -0.3 is 15.4 Å². The lowest BCUT2D eigenvalue weighted by Crippen LogP contribution is -2.32. The zero-order valence-corrected chi connectivity index (χ0v) is 17.2. The number of carbonyl (C=O) groups excluding carboxylic acids is 2. The van der Waals surface area contributed by atoms with Crippen LogP contribution in [0.5, 0.6) is 0 Å². The van der Waals surface area contributed by atoms with E-state index in [1.54, 1.807) is 31.3 Å². The highest BCUT2D eigenvalue weighted by Gasteiger charge is 2.18. The van der Waals surface area contributed by atoms with E-state index in [1.807, 2.05) is 0 Å². The van der Waals surface area contributed by atoms with Crippen LogP contribution in [0.15, 0.2) is 41.6 Å². The molecule has 0 aliphatic carbocycles. The minimum Gasteiger partial charge on any atom is -0.376 e. The van der Waals surface area contributed by atoms with Crippen LogP contribution >= 0.6 is 0 Å². The molecule has 4 rings (SSSR count). The van der Waals surface area contributed by atoms with E-state index in [9.17, 15) is 14.4 Å². The van der Waals surface area contributed by atoms with E-state index in [-0.39, 0.29) is 36.4 Å². The summed E-state index contributed by atoms with van der Waals surface area (Å²) in [5, 5.41) is 10.1. The van der Waals surface area contributed by atoms with Gasteiger partial charge in [-0.1, -0.05) is 12.1 Å². The molecule has 3 heterocycles. The summed E-state index contributed by atoms with van der Waals surface area (Å²) in [5.41, 5.74) is 1.04. The Kier molecular flexibility index (Phi) is 6.08. The van der Waals surface area contributed by atoms with E-state index in [2.05, 4.69) is 20.7 Å². The highest BCUT2D eigenvalue weighted by atomic mass is 16.5. The summed E-state index contributed by atoms with van der Waals surface area (Å²) in [4.78, 5) is 41.8. The minimum absolute atomic E-state index is 0.0368. The molecule has 1 aliphatic rings. The second-order valence-corrected chi connectivity index (χ2v) is 7.44. The van der Waals surface area contributed by atoms with Gasteiger partial charge in [0.1, 0.15) is 5.39 Å². The van der Waals surface area contributed by atoms with Crippen LogP contribution in [-0.2, 0) is 23.1 Å². The molecule has 31 heavy (non-hydrogen) atoms. The van der Waals surface area contributed by atoms with Crippen molar-refractivity contribution in [2.75, 3.05) is 18.5 Å². The number of para-hydroxylation sites is 1. The van der Waals surface area contributed by atoms with Gasteiger partial charge in [-0.15, -0.1) is 0 Å². The second-order valence-electron chi connectivity index (χ2n) is 7.44. The number of nitrogens with zero attached hydrogens (tertiary/aromatic N) is 4. The van der Waals surface area contributed by atoms with Crippen LogP contribution in [-0.4, -0.2) is 50.4 Å². The monoisotopic (exact) mass is 424 g/mol. The fourth-order valence-corrected chi connectivity index (χ4v) is 3.56. The molecule has 0 radical (unpaired) electrons. The van der Waals surface area contributed by atoms with Crippen molar-refractivity contribution >= 4 is 28.5 Å². The standard InChI is InChI=1S/C21H24N6O4/c1-26-19-16(12-24-26)21(30)27(13-23-19)9-8-18(28)25-17-7-3-2-6-15(17)20(29)22-11-14-5-4-10-31-14/h2-3,6-7,12-14H,4-5,8-11H2,1H3,(H,22,29)(H,25,28)/t14-/m0/s1. The lowest BCUT2D eigenvalue weighted by molar-refractivity contribution is -0.116. The van der Waals surface area contributed by atoms with Gasteiger partial charge in [0.05, 0.1) is 29.9 Å². The summed E-state index contributed by atoms with van der Waals surface area (Å²) in [5.74, 6) is -0.577. The van der Waals surface area contributed by atoms with E-state index in [1.165, 1.54) is 21.8 Å². The van der Waals surface area contributed by atoms with Gasteiger partial charge in [0.25, 0.3) is 11.5 Å². The van der Waals surface area contributed by atoms with Gasteiger partial charge in [-0.25, -0.2) is 4.98 Å². The van der Waals surface area contributed by atoms with Crippen LogP contribution in [0.25, 0.3) is 11.0 Å². The molecule has 10 nitrogen and oxygen atoms in total. The first kappa shape index (κ1) is 20.7. The molecule has 2 N–H and O–H groups in total. The number of aryl methyl sites for hydroxylation is 2. The van der Waals surface area contributed by atoms with Crippen molar-refractivity contribution in [3.8, 4) is 0 Å². The summed E-state index contributed by atoms with van der Waals surface area (Å²) in [6.07, 6.45) is 4.89. The number of benzene rings is 1. The Hall–Kier alpha value is -3.53. The van der Waals surface area contributed by atoms with Gasteiger partial charge in [0.15, 0.2) is 5.65 Å². The number of amides is 2. The topological polar surface area (TPSA) is 120 Å². The molecular weight excluding hydrogens is 400 g/mol. The molecule has 3 aromatic rings. The summed E-state index contributed by atoms with van der Waals surface area (Å²) in [7, 11) is 1.71. The molecule has 1 saturated heterocycles. The van der Waals surface area contributed by atoms with Crippen LogP contribution in [0.3, 0.4) is 0 Å². The average molecular weight is 424 g/mol. The van der Waals surface area contributed by atoms with E-state index in [0.717, 1.165) is 19.4 Å². The summed E-state index contributed by atoms with van der Waals surface area (Å²) < 4.78 is 8.42. The highest BCUT2D eigenvalue weighted by Crippen LogP contribution is 2.16. The molecule has 1 fully saturated rings. The number of nitrogens with one attached hydrogen (secondary N) is 2. The van der Waals surface area contributed by atoms with Gasteiger partial charge in [0.2, 0.25) is 5.91 Å². The first-order chi connectivity index (χ1) is 15.0. The van der Waals surface area contributed by atoms with Gasteiger partial charge in [-0.3, -0.25) is 23.6 Å². The summed E-state index contributed by atoms with van der Waals surface area (Å²) >= 11 is 0. The third kappa shape index (κ3) is 4.64. The van der Waals surface area contributed by atoms with Crippen molar-refractivity contribution in [1.29, 1.82) is 0 Å². The predicted octanol–water partition coefficient (Wildman–Crippen LogP) is 1.07. The van der Waals surface area contributed by atoms with Crippen LogP contribution in [0.2, 0.25) is 0 Å². The Balaban J connectivity index is 1.38. The smallest absolute Gasteiger partial charge is 0.264 e. The van der Waals surface area contributed by atoms with Crippen molar-refractivity contribution in [1.82, 2.24) is 24.6 Å². The minimum atomic E-state index is -0.308. The van der Waals surface area contributed by atoms with Crippen LogP contribution in [0.4, 0.5) is 5.69 Å². The molecular formula is C21H24N6O4. The van der Waals surface area contributed by atoms with Crippen molar-refractivity contribution in [2.45, 2.75) is 31.9 Å². The third-order valence-corrected chi connectivity index (χ3v) is 5.26. The molecule has 0 spiro atoms. The number of rotatable bonds is 7.